The third-order valence-corrected chi connectivity index (χ3v) is 2.50. The van der Waals surface area contributed by atoms with Crippen molar-refractivity contribution in [2.24, 2.45) is 0 Å². The molecule has 0 radical (unpaired) electrons. The molecule has 0 unspecified atom stereocenters. The number of nitrogens with zero attached hydrogens (tertiary/aromatic N) is 1. The Morgan fingerprint density at radius 1 is 1.64 bits per heavy atom. The van der Waals surface area contributed by atoms with Crippen molar-refractivity contribution in [3.63, 3.8) is 0 Å². The number of carboxylic acids is 1. The van der Waals surface area contributed by atoms with E-state index in [4.69, 9.17) is 10.4 Å². The third-order valence-electron chi connectivity index (χ3n) is 1.99. The maximum absolute atomic E-state index is 10.8. The van der Waals surface area contributed by atoms with Crippen LogP contribution in [-0.4, -0.2) is 11.1 Å². The van der Waals surface area contributed by atoms with Crippen LogP contribution in [0.2, 0.25) is 0 Å². The second-order valence-electron chi connectivity index (χ2n) is 2.76. The van der Waals surface area contributed by atoms with Crippen LogP contribution < -0.4 is 0 Å². The van der Waals surface area contributed by atoms with Gasteiger partial charge in [-0.2, -0.15) is 5.26 Å². The normalized spacial score (nSPS) is 9.50. The minimum absolute atomic E-state index is 0.143. The highest BCUT2D eigenvalue weighted by Gasteiger charge is 2.13. The second-order valence-corrected chi connectivity index (χ2v) is 3.21. The quantitative estimate of drug-likeness (QED) is 0.730. The molecule has 0 spiro atoms. The van der Waals surface area contributed by atoms with E-state index in [1.807, 2.05) is 13.0 Å². The van der Waals surface area contributed by atoms with Crippen LogP contribution in [0.4, 0.5) is 0 Å². The zero-order valence-electron chi connectivity index (χ0n) is 7.61. The molecule has 1 aromatic carbocycles. The fraction of sp³-hybridized carbons (Fsp3) is 0.200. The molecule has 0 aromatic heterocycles. The predicted molar refractivity (Wildman–Crippen MR) is 54.7 cm³/mol. The number of nitriles is 1. The minimum Gasteiger partial charge on any atom is -0.478 e. The molecule has 4 heteroatoms. The molecule has 0 saturated carbocycles. The van der Waals surface area contributed by atoms with Crippen LogP contribution in [0, 0.1) is 11.3 Å². The van der Waals surface area contributed by atoms with Gasteiger partial charge in [0.15, 0.2) is 0 Å². The topological polar surface area (TPSA) is 61.1 Å². The molecular weight excluding hydrogens is 198 g/mol. The maximum Gasteiger partial charge on any atom is 0.336 e. The minimum atomic E-state index is -1.02. The molecule has 0 aliphatic carbocycles. The van der Waals surface area contributed by atoms with Gasteiger partial charge in [0.25, 0.3) is 0 Å². The molecule has 14 heavy (non-hydrogen) atoms. The molecule has 0 aliphatic heterocycles. The van der Waals surface area contributed by atoms with Crippen LogP contribution >= 0.6 is 12.6 Å². The van der Waals surface area contributed by atoms with Crippen LogP contribution in [0.3, 0.4) is 0 Å². The number of aromatic carboxylic acids is 1. The number of carbonyl (C=O) groups is 1. The van der Waals surface area contributed by atoms with Gasteiger partial charge in [-0.15, -0.1) is 12.6 Å². The Hall–Kier alpha value is -1.47. The van der Waals surface area contributed by atoms with E-state index in [-0.39, 0.29) is 5.56 Å². The molecular formula is C10H9NO2S. The van der Waals surface area contributed by atoms with Crippen LogP contribution in [0.25, 0.3) is 0 Å². The molecule has 1 rings (SSSR count). The lowest BCUT2D eigenvalue weighted by molar-refractivity contribution is 0.0693. The molecule has 0 bridgehead atoms. The number of carboxylic acid groups (broad SMARTS) is 1. The van der Waals surface area contributed by atoms with E-state index in [9.17, 15) is 4.79 Å². The van der Waals surface area contributed by atoms with Gasteiger partial charge in [0.1, 0.15) is 0 Å². The van der Waals surface area contributed by atoms with Gasteiger partial charge < -0.3 is 5.11 Å². The molecule has 0 heterocycles. The first-order valence-electron chi connectivity index (χ1n) is 4.10. The van der Waals surface area contributed by atoms with Gasteiger partial charge in [-0.25, -0.2) is 4.79 Å². The molecule has 72 valence electrons. The summed E-state index contributed by atoms with van der Waals surface area (Å²) < 4.78 is 0. The van der Waals surface area contributed by atoms with Crippen molar-refractivity contribution in [2.45, 2.75) is 18.2 Å². The highest BCUT2D eigenvalue weighted by atomic mass is 32.1. The third kappa shape index (κ3) is 1.73. The molecule has 1 N–H and O–H groups in total. The first kappa shape index (κ1) is 10.6. The average Bonchev–Trinajstić information content (AvgIpc) is 2.16. The van der Waals surface area contributed by atoms with Crippen molar-refractivity contribution >= 4 is 18.6 Å². The smallest absolute Gasteiger partial charge is 0.336 e. The number of hydrogen-bond acceptors (Lipinski definition) is 3. The largest absolute Gasteiger partial charge is 0.478 e. The fourth-order valence-electron chi connectivity index (χ4n) is 1.27. The van der Waals surface area contributed by atoms with Gasteiger partial charge in [-0.3, -0.25) is 0 Å². The molecule has 0 aliphatic rings. The lowest BCUT2D eigenvalue weighted by Crippen LogP contribution is -2.02. The fourth-order valence-corrected chi connectivity index (χ4v) is 1.72. The van der Waals surface area contributed by atoms with Gasteiger partial charge in [-0.05, 0) is 24.1 Å². The molecule has 1 aromatic rings. The summed E-state index contributed by atoms with van der Waals surface area (Å²) in [5.74, 6) is -1.02. The number of hydrogen-bond donors (Lipinski definition) is 2. The summed E-state index contributed by atoms with van der Waals surface area (Å²) in [6, 6.07) is 4.93. The van der Waals surface area contributed by atoms with Crippen molar-refractivity contribution in [2.75, 3.05) is 0 Å². The Kier molecular flexibility index (Phi) is 3.15. The van der Waals surface area contributed by atoms with E-state index in [0.717, 1.165) is 0 Å². The molecule has 0 atom stereocenters. The maximum atomic E-state index is 10.8. The lowest BCUT2D eigenvalue weighted by atomic mass is 10.0. The Morgan fingerprint density at radius 3 is 2.71 bits per heavy atom. The van der Waals surface area contributed by atoms with Crippen molar-refractivity contribution < 1.29 is 9.90 Å². The second kappa shape index (κ2) is 4.16. The Balaban J connectivity index is 3.44. The van der Waals surface area contributed by atoms with Crippen molar-refractivity contribution in [3.8, 4) is 6.07 Å². The summed E-state index contributed by atoms with van der Waals surface area (Å²) in [6.07, 6.45) is 0.600. The van der Waals surface area contributed by atoms with Crippen molar-refractivity contribution in [1.82, 2.24) is 0 Å². The van der Waals surface area contributed by atoms with Gasteiger partial charge in [-0.1, -0.05) is 6.92 Å². The van der Waals surface area contributed by atoms with Gasteiger partial charge >= 0.3 is 5.97 Å². The predicted octanol–water partition coefficient (Wildman–Crippen LogP) is 2.11. The van der Waals surface area contributed by atoms with E-state index < -0.39 is 5.97 Å². The van der Waals surface area contributed by atoms with E-state index >= 15 is 0 Å². The highest BCUT2D eigenvalue weighted by Crippen LogP contribution is 2.23. The Labute approximate surface area is 87.4 Å². The van der Waals surface area contributed by atoms with E-state index in [2.05, 4.69) is 12.6 Å². The van der Waals surface area contributed by atoms with Crippen LogP contribution in [0.15, 0.2) is 17.0 Å². The summed E-state index contributed by atoms with van der Waals surface area (Å²) in [6.45, 7) is 1.86. The molecule has 3 nitrogen and oxygen atoms in total. The number of thiol groups is 1. The Bertz CT molecular complexity index is 421. The summed E-state index contributed by atoms with van der Waals surface area (Å²) in [5.41, 5.74) is 1.32. The van der Waals surface area contributed by atoms with E-state index in [1.165, 1.54) is 12.1 Å². The van der Waals surface area contributed by atoms with Crippen molar-refractivity contribution in [1.29, 1.82) is 5.26 Å². The van der Waals surface area contributed by atoms with Crippen LogP contribution in [-0.2, 0) is 6.42 Å². The van der Waals surface area contributed by atoms with E-state index in [0.29, 0.717) is 22.4 Å². The first-order valence-corrected chi connectivity index (χ1v) is 4.54. The van der Waals surface area contributed by atoms with Crippen molar-refractivity contribution in [3.05, 3.63) is 28.8 Å². The zero-order chi connectivity index (χ0) is 10.7. The van der Waals surface area contributed by atoms with Crippen LogP contribution in [0.1, 0.15) is 28.4 Å². The molecule has 0 saturated heterocycles. The first-order chi connectivity index (χ1) is 6.61. The average molecular weight is 207 g/mol. The Morgan fingerprint density at radius 2 is 2.29 bits per heavy atom. The summed E-state index contributed by atoms with van der Waals surface area (Å²) in [4.78, 5) is 11.1. The lowest BCUT2D eigenvalue weighted by Gasteiger charge is -2.07. The van der Waals surface area contributed by atoms with Gasteiger partial charge in [0, 0.05) is 4.90 Å². The molecule has 0 fully saturated rings. The van der Waals surface area contributed by atoms with Crippen LogP contribution in [0.5, 0.6) is 0 Å². The summed E-state index contributed by atoms with van der Waals surface area (Å²) in [7, 11) is 0. The zero-order valence-corrected chi connectivity index (χ0v) is 8.51. The summed E-state index contributed by atoms with van der Waals surface area (Å²) >= 11 is 4.12. The summed E-state index contributed by atoms with van der Waals surface area (Å²) in [5, 5.41) is 17.6. The number of rotatable bonds is 2. The van der Waals surface area contributed by atoms with E-state index in [1.54, 1.807) is 0 Å². The van der Waals surface area contributed by atoms with Gasteiger partial charge in [0.05, 0.1) is 17.2 Å². The monoisotopic (exact) mass is 207 g/mol. The standard InChI is InChI=1S/C10H9NO2S/c1-2-7-6(5-11)3-4-8(9(7)14)10(12)13/h3-4,14H,2H2,1H3,(H,12,13). The SMILES string of the molecule is CCc1c(C#N)ccc(C(=O)O)c1S. The number of benzene rings is 1. The molecule has 0 amide bonds. The highest BCUT2D eigenvalue weighted by molar-refractivity contribution is 7.80. The van der Waals surface area contributed by atoms with Gasteiger partial charge in [0.2, 0.25) is 0 Å².